The topological polar surface area (TPSA) is 76.0 Å². The average molecular weight is 190 g/mol. The second-order valence-electron chi connectivity index (χ2n) is 3.48. The van der Waals surface area contributed by atoms with E-state index < -0.39 is 24.1 Å². The molecule has 0 spiro atoms. The highest BCUT2D eigenvalue weighted by molar-refractivity contribution is 5.56. The van der Waals surface area contributed by atoms with Crippen LogP contribution in [0.15, 0.2) is 0 Å². The number of hydrogen-bond donors (Lipinski definition) is 2. The Balaban J connectivity index is 2.51. The van der Waals surface area contributed by atoms with Gasteiger partial charge in [-0.1, -0.05) is 0 Å². The Labute approximate surface area is 76.3 Å². The van der Waals surface area contributed by atoms with Gasteiger partial charge in [-0.15, -0.1) is 0 Å². The summed E-state index contributed by atoms with van der Waals surface area (Å²) in [7, 11) is 0. The summed E-state index contributed by atoms with van der Waals surface area (Å²) in [6, 6.07) is 0. The van der Waals surface area contributed by atoms with E-state index >= 15 is 0 Å². The Morgan fingerprint density at radius 1 is 1.54 bits per heavy atom. The summed E-state index contributed by atoms with van der Waals surface area (Å²) in [5.74, 6) is -0.756. The van der Waals surface area contributed by atoms with Crippen LogP contribution in [0.4, 0.5) is 0 Å². The van der Waals surface area contributed by atoms with E-state index in [-0.39, 0.29) is 12.9 Å². The first-order valence-corrected chi connectivity index (χ1v) is 4.09. The molecule has 0 aromatic heterocycles. The molecule has 1 saturated heterocycles. The predicted molar refractivity (Wildman–Crippen MR) is 43.0 cm³/mol. The van der Waals surface area contributed by atoms with E-state index in [1.807, 2.05) is 0 Å². The third-order valence-electron chi connectivity index (χ3n) is 1.90. The van der Waals surface area contributed by atoms with Gasteiger partial charge in [0.15, 0.2) is 12.1 Å². The van der Waals surface area contributed by atoms with Crippen molar-refractivity contribution in [1.82, 2.24) is 0 Å². The van der Waals surface area contributed by atoms with Gasteiger partial charge in [0, 0.05) is 0 Å². The molecule has 0 amide bonds. The van der Waals surface area contributed by atoms with Gasteiger partial charge in [-0.25, -0.2) is 0 Å². The van der Waals surface area contributed by atoms with Crippen LogP contribution in [0.1, 0.15) is 13.8 Å². The maximum absolute atomic E-state index is 10.2. The van der Waals surface area contributed by atoms with Crippen molar-refractivity contribution in [2.45, 2.75) is 37.9 Å². The van der Waals surface area contributed by atoms with Crippen molar-refractivity contribution in [3.05, 3.63) is 0 Å². The van der Waals surface area contributed by atoms with Crippen molar-refractivity contribution in [2.24, 2.45) is 0 Å². The highest BCUT2D eigenvalue weighted by Gasteiger charge is 2.39. The Bertz CT molecular complexity index is 191. The molecule has 0 unspecified atom stereocenters. The van der Waals surface area contributed by atoms with E-state index in [0.29, 0.717) is 0 Å². The molecule has 0 bridgehead atoms. The first-order chi connectivity index (χ1) is 5.96. The molecule has 13 heavy (non-hydrogen) atoms. The summed E-state index contributed by atoms with van der Waals surface area (Å²) in [4.78, 5) is 10.2. The fourth-order valence-electron chi connectivity index (χ4n) is 1.18. The van der Waals surface area contributed by atoms with Gasteiger partial charge >= 0.3 is 0 Å². The fourth-order valence-corrected chi connectivity index (χ4v) is 1.18. The molecule has 3 atom stereocenters. The lowest BCUT2D eigenvalue weighted by molar-refractivity contribution is -0.161. The second-order valence-corrected chi connectivity index (χ2v) is 3.48. The molecule has 0 radical (unpaired) electrons. The van der Waals surface area contributed by atoms with Crippen molar-refractivity contribution in [3.63, 3.8) is 0 Å². The van der Waals surface area contributed by atoms with Crippen LogP contribution in [0, 0.1) is 0 Å². The predicted octanol–water partition coefficient (Wildman–Crippen LogP) is -0.941. The number of hydrogen-bond acceptors (Lipinski definition) is 5. The lowest BCUT2D eigenvalue weighted by Gasteiger charge is -2.21. The Kier molecular flexibility index (Phi) is 3.02. The van der Waals surface area contributed by atoms with Crippen molar-refractivity contribution >= 4 is 6.29 Å². The standard InChI is InChI=1S/C8H14O5/c1-8(2)12-4-6(13-8)7(11)5(10)3-9/h3,5-7,10-11H,4H2,1-2H3/t5-,6-,7+/m0/s1. The molecule has 0 aliphatic carbocycles. The minimum absolute atomic E-state index is 0.180. The maximum atomic E-state index is 10.2. The molecule has 76 valence electrons. The van der Waals surface area contributed by atoms with Crippen LogP contribution in [0.2, 0.25) is 0 Å². The normalized spacial score (nSPS) is 31.2. The van der Waals surface area contributed by atoms with Crippen LogP contribution < -0.4 is 0 Å². The molecule has 0 aromatic carbocycles. The number of aliphatic hydroxyl groups excluding tert-OH is 2. The smallest absolute Gasteiger partial charge is 0.163 e. The second kappa shape index (κ2) is 3.71. The molecule has 1 aliphatic heterocycles. The van der Waals surface area contributed by atoms with E-state index in [1.165, 1.54) is 0 Å². The summed E-state index contributed by atoms with van der Waals surface area (Å²) in [5.41, 5.74) is 0. The minimum Gasteiger partial charge on any atom is -0.387 e. The first-order valence-electron chi connectivity index (χ1n) is 4.09. The molecule has 1 heterocycles. The van der Waals surface area contributed by atoms with Gasteiger partial charge in [0.25, 0.3) is 0 Å². The van der Waals surface area contributed by atoms with E-state index in [1.54, 1.807) is 13.8 Å². The molecule has 1 aliphatic rings. The summed E-state index contributed by atoms with van der Waals surface area (Å²) in [6.45, 7) is 3.58. The average Bonchev–Trinajstić information content (AvgIpc) is 2.43. The number of carbonyl (C=O) groups excluding carboxylic acids is 1. The van der Waals surface area contributed by atoms with Gasteiger partial charge in [-0.3, -0.25) is 0 Å². The van der Waals surface area contributed by atoms with Gasteiger partial charge in [-0.2, -0.15) is 0 Å². The van der Waals surface area contributed by atoms with Gasteiger partial charge in [-0.05, 0) is 13.8 Å². The van der Waals surface area contributed by atoms with Crippen molar-refractivity contribution in [2.75, 3.05) is 6.61 Å². The third kappa shape index (κ3) is 2.47. The summed E-state index contributed by atoms with van der Waals surface area (Å²) < 4.78 is 10.4. The molecule has 1 rings (SSSR count). The van der Waals surface area contributed by atoms with Gasteiger partial charge in [0.05, 0.1) is 6.61 Å². The van der Waals surface area contributed by atoms with E-state index in [2.05, 4.69) is 0 Å². The summed E-state index contributed by atoms with van der Waals surface area (Å²) in [6.07, 6.45) is -3.00. The Morgan fingerprint density at radius 3 is 2.54 bits per heavy atom. The van der Waals surface area contributed by atoms with Crippen LogP contribution in [-0.4, -0.2) is 47.2 Å². The maximum Gasteiger partial charge on any atom is 0.163 e. The van der Waals surface area contributed by atoms with Crippen molar-refractivity contribution in [1.29, 1.82) is 0 Å². The molecule has 5 nitrogen and oxygen atoms in total. The zero-order valence-electron chi connectivity index (χ0n) is 7.64. The number of rotatable bonds is 3. The Hall–Kier alpha value is -0.490. The zero-order valence-corrected chi connectivity index (χ0v) is 7.64. The van der Waals surface area contributed by atoms with Gasteiger partial charge < -0.3 is 24.5 Å². The van der Waals surface area contributed by atoms with E-state index in [4.69, 9.17) is 14.6 Å². The monoisotopic (exact) mass is 190 g/mol. The number of aliphatic hydroxyl groups is 2. The quantitative estimate of drug-likeness (QED) is 0.562. The molecular weight excluding hydrogens is 176 g/mol. The number of ether oxygens (including phenoxy) is 2. The molecule has 0 saturated carbocycles. The molecule has 0 aromatic rings. The van der Waals surface area contributed by atoms with Crippen LogP contribution in [-0.2, 0) is 14.3 Å². The molecular formula is C8H14O5. The SMILES string of the molecule is CC1(C)OC[C@@H]([C@H](O)[C@@H](O)C=O)O1. The van der Waals surface area contributed by atoms with E-state index in [9.17, 15) is 9.90 Å². The van der Waals surface area contributed by atoms with Crippen LogP contribution in [0.5, 0.6) is 0 Å². The third-order valence-corrected chi connectivity index (χ3v) is 1.90. The van der Waals surface area contributed by atoms with Gasteiger partial charge in [0.2, 0.25) is 0 Å². The summed E-state index contributed by atoms with van der Waals surface area (Å²) >= 11 is 0. The van der Waals surface area contributed by atoms with Crippen molar-refractivity contribution in [3.8, 4) is 0 Å². The van der Waals surface area contributed by atoms with Crippen LogP contribution in [0.25, 0.3) is 0 Å². The molecule has 2 N–H and O–H groups in total. The lowest BCUT2D eigenvalue weighted by Crippen LogP contribution is -2.40. The number of carbonyl (C=O) groups is 1. The van der Waals surface area contributed by atoms with Crippen LogP contribution in [0.3, 0.4) is 0 Å². The van der Waals surface area contributed by atoms with E-state index in [0.717, 1.165) is 0 Å². The highest BCUT2D eigenvalue weighted by atomic mass is 16.7. The van der Waals surface area contributed by atoms with Crippen LogP contribution >= 0.6 is 0 Å². The molecule has 5 heteroatoms. The summed E-state index contributed by atoms with van der Waals surface area (Å²) in [5, 5.41) is 18.4. The minimum atomic E-state index is -1.41. The molecule has 1 fully saturated rings. The first kappa shape index (κ1) is 10.6. The fraction of sp³-hybridized carbons (Fsp3) is 0.875. The zero-order chi connectivity index (χ0) is 10.1. The Morgan fingerprint density at radius 2 is 2.15 bits per heavy atom. The highest BCUT2D eigenvalue weighted by Crippen LogP contribution is 2.24. The largest absolute Gasteiger partial charge is 0.387 e. The number of aldehydes is 1. The lowest BCUT2D eigenvalue weighted by atomic mass is 10.1. The van der Waals surface area contributed by atoms with Crippen molar-refractivity contribution < 1.29 is 24.5 Å². The van der Waals surface area contributed by atoms with Gasteiger partial charge in [0.1, 0.15) is 18.3 Å².